The highest BCUT2D eigenvalue weighted by atomic mass is 19.4. The minimum Gasteiger partial charge on any atom is -0.465 e. The SMILES string of the molecule is CCNC(=O)N(C)c1ccc(C(O)(C(F)(F)F)C(F)(F)F)cc1C(=O)OC. The zero-order valence-electron chi connectivity index (χ0n) is 14.3. The molecule has 1 aromatic carbocycles. The molecule has 0 aromatic heterocycles. The molecule has 152 valence electrons. The van der Waals surface area contributed by atoms with Crippen LogP contribution in [-0.4, -0.2) is 50.2 Å². The van der Waals surface area contributed by atoms with Gasteiger partial charge in [-0.1, -0.05) is 6.07 Å². The van der Waals surface area contributed by atoms with Gasteiger partial charge in [0, 0.05) is 19.2 Å². The first-order valence-corrected chi connectivity index (χ1v) is 7.32. The molecule has 27 heavy (non-hydrogen) atoms. The molecule has 0 saturated heterocycles. The number of alkyl halides is 6. The molecule has 0 atom stereocenters. The summed E-state index contributed by atoms with van der Waals surface area (Å²) in [5.41, 5.74) is -7.94. The van der Waals surface area contributed by atoms with E-state index in [-0.39, 0.29) is 18.3 Å². The number of nitrogens with one attached hydrogen (secondary N) is 1. The number of esters is 1. The number of urea groups is 1. The van der Waals surface area contributed by atoms with Crippen molar-refractivity contribution in [2.75, 3.05) is 25.6 Å². The van der Waals surface area contributed by atoms with E-state index in [4.69, 9.17) is 0 Å². The zero-order valence-corrected chi connectivity index (χ0v) is 14.3. The highest BCUT2D eigenvalue weighted by Crippen LogP contribution is 2.50. The van der Waals surface area contributed by atoms with E-state index in [1.165, 1.54) is 0 Å². The Balaban J connectivity index is 3.67. The number of hydrogen-bond donors (Lipinski definition) is 2. The van der Waals surface area contributed by atoms with Gasteiger partial charge < -0.3 is 15.2 Å². The lowest BCUT2D eigenvalue weighted by Gasteiger charge is -2.33. The molecule has 0 saturated carbocycles. The summed E-state index contributed by atoms with van der Waals surface area (Å²) in [6, 6.07) is 0.438. The lowest BCUT2D eigenvalue weighted by Crippen LogP contribution is -2.54. The van der Waals surface area contributed by atoms with Gasteiger partial charge in [0.05, 0.1) is 18.4 Å². The fourth-order valence-corrected chi connectivity index (χ4v) is 2.19. The average molecular weight is 402 g/mol. The second-order valence-electron chi connectivity index (χ2n) is 5.32. The second-order valence-corrected chi connectivity index (χ2v) is 5.32. The van der Waals surface area contributed by atoms with Gasteiger partial charge in [0.25, 0.3) is 5.60 Å². The Kier molecular flexibility index (Phi) is 6.37. The Labute approximate surface area is 149 Å². The number of rotatable bonds is 4. The number of ether oxygens (including phenoxy) is 1. The third-order valence-corrected chi connectivity index (χ3v) is 3.63. The molecule has 0 bridgehead atoms. The lowest BCUT2D eigenvalue weighted by atomic mass is 9.90. The Hall–Kier alpha value is -2.50. The number of nitrogens with zero attached hydrogens (tertiary/aromatic N) is 1. The van der Waals surface area contributed by atoms with E-state index in [2.05, 4.69) is 10.1 Å². The van der Waals surface area contributed by atoms with Crippen molar-refractivity contribution in [3.8, 4) is 0 Å². The number of hydrogen-bond acceptors (Lipinski definition) is 4. The van der Waals surface area contributed by atoms with Crippen molar-refractivity contribution in [3.05, 3.63) is 29.3 Å². The normalized spacial score (nSPS) is 12.5. The van der Waals surface area contributed by atoms with Crippen LogP contribution in [0.3, 0.4) is 0 Å². The molecular weight excluding hydrogens is 386 g/mol. The van der Waals surface area contributed by atoms with Gasteiger partial charge in [0.1, 0.15) is 0 Å². The van der Waals surface area contributed by atoms with Gasteiger partial charge in [-0.05, 0) is 19.1 Å². The predicted octanol–water partition coefficient (Wildman–Crippen LogP) is 2.95. The molecule has 0 heterocycles. The van der Waals surface area contributed by atoms with Gasteiger partial charge in [-0.3, -0.25) is 4.90 Å². The summed E-state index contributed by atoms with van der Waals surface area (Å²) < 4.78 is 82.5. The number of methoxy groups -OCH3 is 1. The first-order valence-electron chi connectivity index (χ1n) is 7.32. The van der Waals surface area contributed by atoms with Crippen molar-refractivity contribution >= 4 is 17.7 Å². The molecule has 6 nitrogen and oxygen atoms in total. The first kappa shape index (κ1) is 22.5. The van der Waals surface area contributed by atoms with Gasteiger partial charge >= 0.3 is 24.4 Å². The van der Waals surface area contributed by atoms with Gasteiger partial charge in [-0.25, -0.2) is 9.59 Å². The molecule has 1 aromatic rings. The van der Waals surface area contributed by atoms with Crippen LogP contribution in [0.15, 0.2) is 18.2 Å². The first-order chi connectivity index (χ1) is 12.2. The fourth-order valence-electron chi connectivity index (χ4n) is 2.19. The van der Waals surface area contributed by atoms with E-state index in [0.29, 0.717) is 12.1 Å². The molecule has 2 amide bonds. The van der Waals surface area contributed by atoms with Crippen LogP contribution in [-0.2, 0) is 10.3 Å². The zero-order chi connectivity index (χ0) is 21.2. The summed E-state index contributed by atoms with van der Waals surface area (Å²) in [5, 5.41) is 11.8. The van der Waals surface area contributed by atoms with Crippen LogP contribution in [0, 0.1) is 0 Å². The van der Waals surface area contributed by atoms with Gasteiger partial charge in [0.2, 0.25) is 0 Å². The molecule has 0 radical (unpaired) electrons. The summed E-state index contributed by atoms with van der Waals surface area (Å²) in [7, 11) is 2.00. The number of benzene rings is 1. The summed E-state index contributed by atoms with van der Waals surface area (Å²) >= 11 is 0. The molecule has 12 heteroatoms. The van der Waals surface area contributed by atoms with Crippen LogP contribution in [0.2, 0.25) is 0 Å². The van der Waals surface area contributed by atoms with E-state index < -0.39 is 41.1 Å². The average Bonchev–Trinajstić information content (AvgIpc) is 2.57. The van der Waals surface area contributed by atoms with E-state index in [1.807, 2.05) is 0 Å². The molecule has 0 fully saturated rings. The lowest BCUT2D eigenvalue weighted by molar-refractivity contribution is -0.376. The van der Waals surface area contributed by atoms with E-state index in [1.54, 1.807) is 6.92 Å². The maximum atomic E-state index is 13.0. The van der Waals surface area contributed by atoms with Crippen LogP contribution >= 0.6 is 0 Å². The second kappa shape index (κ2) is 7.62. The van der Waals surface area contributed by atoms with Gasteiger partial charge in [-0.2, -0.15) is 26.3 Å². The van der Waals surface area contributed by atoms with Gasteiger partial charge in [0.15, 0.2) is 0 Å². The number of aliphatic hydroxyl groups is 1. The number of anilines is 1. The Morgan fingerprint density at radius 1 is 1.15 bits per heavy atom. The molecule has 0 aliphatic carbocycles. The molecule has 0 aliphatic rings. The van der Waals surface area contributed by atoms with Crippen LogP contribution < -0.4 is 10.2 Å². The number of halogens is 6. The molecule has 0 spiro atoms. The number of amides is 2. The molecule has 2 N–H and O–H groups in total. The standard InChI is InChI=1S/C15H16F6N2O4/c1-4-22-12(25)23(2)10-6-5-8(7-9(10)11(24)27-3)13(26,14(16,17)18)15(19,20)21/h5-7,26H,4H2,1-3H3,(H,22,25). The van der Waals surface area contributed by atoms with E-state index >= 15 is 0 Å². The maximum Gasteiger partial charge on any atom is 0.430 e. The number of carbonyl (C=O) groups is 2. The van der Waals surface area contributed by atoms with E-state index in [0.717, 1.165) is 19.1 Å². The minimum atomic E-state index is -6.12. The smallest absolute Gasteiger partial charge is 0.430 e. The highest BCUT2D eigenvalue weighted by Gasteiger charge is 2.71. The molecule has 0 unspecified atom stereocenters. The fraction of sp³-hybridized carbons (Fsp3) is 0.467. The molecular formula is C15H16F6N2O4. The monoisotopic (exact) mass is 402 g/mol. The van der Waals surface area contributed by atoms with Crippen molar-refractivity contribution < 1.29 is 45.8 Å². The summed E-state index contributed by atoms with van der Waals surface area (Å²) in [5.74, 6) is -1.30. The quantitative estimate of drug-likeness (QED) is 0.600. The van der Waals surface area contributed by atoms with Crippen molar-refractivity contribution in [1.82, 2.24) is 5.32 Å². The minimum absolute atomic E-state index is 0.177. The van der Waals surface area contributed by atoms with Crippen LogP contribution in [0.1, 0.15) is 22.8 Å². The van der Waals surface area contributed by atoms with Crippen LogP contribution in [0.25, 0.3) is 0 Å². The van der Waals surface area contributed by atoms with Crippen molar-refractivity contribution in [2.45, 2.75) is 24.9 Å². The van der Waals surface area contributed by atoms with Crippen LogP contribution in [0.4, 0.5) is 36.8 Å². The summed E-state index contributed by atoms with van der Waals surface area (Å²) in [6.07, 6.45) is -12.2. The summed E-state index contributed by atoms with van der Waals surface area (Å²) in [4.78, 5) is 24.5. The van der Waals surface area contributed by atoms with Crippen LogP contribution in [0.5, 0.6) is 0 Å². The third-order valence-electron chi connectivity index (χ3n) is 3.63. The predicted molar refractivity (Wildman–Crippen MR) is 81.3 cm³/mol. The Morgan fingerprint density at radius 2 is 1.67 bits per heavy atom. The van der Waals surface area contributed by atoms with Gasteiger partial charge in [-0.15, -0.1) is 0 Å². The van der Waals surface area contributed by atoms with Crippen molar-refractivity contribution in [3.63, 3.8) is 0 Å². The maximum absolute atomic E-state index is 13.0. The molecule has 0 aliphatic heterocycles. The topological polar surface area (TPSA) is 78.9 Å². The molecule has 1 rings (SSSR count). The Bertz CT molecular complexity index is 703. The summed E-state index contributed by atoms with van der Waals surface area (Å²) in [6.45, 7) is 1.75. The van der Waals surface area contributed by atoms with Crippen molar-refractivity contribution in [2.24, 2.45) is 0 Å². The largest absolute Gasteiger partial charge is 0.465 e. The highest BCUT2D eigenvalue weighted by molar-refractivity contribution is 6.02. The third kappa shape index (κ3) is 4.10. The van der Waals surface area contributed by atoms with Crippen molar-refractivity contribution in [1.29, 1.82) is 0 Å². The Morgan fingerprint density at radius 3 is 2.07 bits per heavy atom. The number of carbonyl (C=O) groups excluding carboxylic acids is 2. The van der Waals surface area contributed by atoms with E-state index in [9.17, 15) is 41.0 Å².